The molecule has 1 rings (SSSR count). The van der Waals surface area contributed by atoms with Crippen molar-refractivity contribution in [3.05, 3.63) is 48.0 Å². The van der Waals surface area contributed by atoms with Crippen molar-refractivity contribution in [2.45, 2.75) is 12.8 Å². The van der Waals surface area contributed by atoms with Gasteiger partial charge in [-0.15, -0.1) is 0 Å². The lowest BCUT2D eigenvalue weighted by atomic mass is 9.95. The fraction of sp³-hybridized carbons (Fsp3) is 0.182. The van der Waals surface area contributed by atoms with Crippen molar-refractivity contribution in [2.24, 2.45) is 5.16 Å². The van der Waals surface area contributed by atoms with Gasteiger partial charge in [-0.3, -0.25) is 0 Å². The van der Waals surface area contributed by atoms with Gasteiger partial charge in [0.15, 0.2) is 0 Å². The first-order valence-corrected chi connectivity index (χ1v) is 4.17. The second-order valence-electron chi connectivity index (χ2n) is 2.95. The third kappa shape index (κ3) is 2.44. The molecule has 13 heavy (non-hydrogen) atoms. The molecule has 1 N–H and O–H groups in total. The summed E-state index contributed by atoms with van der Waals surface area (Å²) in [5.74, 6) is 0.192. The molecule has 1 aromatic rings. The number of allylic oxidation sites excluding steroid dienone is 1. The molecule has 0 saturated heterocycles. The molecule has 0 fully saturated rings. The van der Waals surface area contributed by atoms with Gasteiger partial charge in [0.2, 0.25) is 0 Å². The van der Waals surface area contributed by atoms with Crippen molar-refractivity contribution in [3.8, 4) is 0 Å². The van der Waals surface area contributed by atoms with Crippen LogP contribution in [0.3, 0.4) is 0 Å². The van der Waals surface area contributed by atoms with Gasteiger partial charge >= 0.3 is 0 Å². The van der Waals surface area contributed by atoms with E-state index in [1.54, 1.807) is 0 Å². The molecule has 0 radical (unpaired) electrons. The van der Waals surface area contributed by atoms with Crippen LogP contribution in [0.1, 0.15) is 18.4 Å². The number of nitrogens with zero attached hydrogens (tertiary/aromatic N) is 1. The molecule has 68 valence electrons. The van der Waals surface area contributed by atoms with Crippen LogP contribution < -0.4 is 0 Å². The van der Waals surface area contributed by atoms with Gasteiger partial charge in [0.05, 0.1) is 6.21 Å². The smallest absolute Gasteiger partial charge is 0.0693 e. The molecule has 0 aliphatic carbocycles. The van der Waals surface area contributed by atoms with Gasteiger partial charge in [-0.1, -0.05) is 49.0 Å². The topological polar surface area (TPSA) is 32.6 Å². The monoisotopic (exact) mass is 175 g/mol. The quantitative estimate of drug-likeness (QED) is 0.427. The number of rotatable bonds is 3. The van der Waals surface area contributed by atoms with Gasteiger partial charge in [-0.25, -0.2) is 0 Å². The molecule has 0 bridgehead atoms. The summed E-state index contributed by atoms with van der Waals surface area (Å²) < 4.78 is 0. The van der Waals surface area contributed by atoms with Crippen molar-refractivity contribution in [1.82, 2.24) is 0 Å². The van der Waals surface area contributed by atoms with Crippen LogP contribution >= 0.6 is 0 Å². The molecule has 1 aromatic carbocycles. The Hall–Kier alpha value is -1.57. The number of benzene rings is 1. The third-order valence-electron chi connectivity index (χ3n) is 2.08. The van der Waals surface area contributed by atoms with Crippen molar-refractivity contribution >= 4 is 6.21 Å². The molecular formula is C11H13NO. The fourth-order valence-electron chi connectivity index (χ4n) is 1.14. The summed E-state index contributed by atoms with van der Waals surface area (Å²) in [6.07, 6.45) is 1.37. The second kappa shape index (κ2) is 4.45. The van der Waals surface area contributed by atoms with Crippen LogP contribution in [-0.4, -0.2) is 11.4 Å². The van der Waals surface area contributed by atoms with Gasteiger partial charge in [-0.2, -0.15) is 0 Å². The lowest BCUT2D eigenvalue weighted by Gasteiger charge is -2.10. The molecule has 0 spiro atoms. The van der Waals surface area contributed by atoms with Gasteiger partial charge in [-0.05, 0) is 11.1 Å². The zero-order valence-corrected chi connectivity index (χ0v) is 7.64. The standard InChI is InChI=1S/C11H13NO/c1-9(8-12-13)10(2)11-6-4-3-5-7-11/h3-8,10,13H,1H2,2H3. The first-order valence-electron chi connectivity index (χ1n) is 4.17. The summed E-state index contributed by atoms with van der Waals surface area (Å²) >= 11 is 0. The predicted molar refractivity (Wildman–Crippen MR) is 54.3 cm³/mol. The minimum Gasteiger partial charge on any atom is -0.411 e. The summed E-state index contributed by atoms with van der Waals surface area (Å²) in [7, 11) is 0. The van der Waals surface area contributed by atoms with Gasteiger partial charge < -0.3 is 5.21 Å². The van der Waals surface area contributed by atoms with E-state index in [9.17, 15) is 0 Å². The van der Waals surface area contributed by atoms with Gasteiger partial charge in [0, 0.05) is 5.92 Å². The zero-order valence-electron chi connectivity index (χ0n) is 7.64. The maximum Gasteiger partial charge on any atom is 0.0693 e. The maximum atomic E-state index is 8.34. The molecule has 1 atom stereocenters. The van der Waals surface area contributed by atoms with E-state index >= 15 is 0 Å². The predicted octanol–water partition coefficient (Wildman–Crippen LogP) is 2.81. The number of oxime groups is 1. The average Bonchev–Trinajstić information content (AvgIpc) is 2.18. The van der Waals surface area contributed by atoms with E-state index in [1.807, 2.05) is 37.3 Å². The average molecular weight is 175 g/mol. The lowest BCUT2D eigenvalue weighted by Crippen LogP contribution is -1.97. The largest absolute Gasteiger partial charge is 0.411 e. The Kier molecular flexibility index (Phi) is 3.26. The zero-order chi connectivity index (χ0) is 9.68. The summed E-state index contributed by atoms with van der Waals surface area (Å²) in [4.78, 5) is 0. The summed E-state index contributed by atoms with van der Waals surface area (Å²) in [5, 5.41) is 11.3. The normalized spacial score (nSPS) is 13.0. The van der Waals surface area contributed by atoms with Crippen molar-refractivity contribution in [1.29, 1.82) is 0 Å². The molecule has 0 aromatic heterocycles. The van der Waals surface area contributed by atoms with Crippen LogP contribution in [0.25, 0.3) is 0 Å². The minimum atomic E-state index is 0.192. The van der Waals surface area contributed by atoms with E-state index in [4.69, 9.17) is 5.21 Å². The van der Waals surface area contributed by atoms with Crippen LogP contribution in [0, 0.1) is 0 Å². The molecular weight excluding hydrogens is 162 g/mol. The molecule has 2 nitrogen and oxygen atoms in total. The second-order valence-corrected chi connectivity index (χ2v) is 2.95. The van der Waals surface area contributed by atoms with E-state index in [2.05, 4.69) is 11.7 Å². The van der Waals surface area contributed by atoms with Crippen LogP contribution in [0.5, 0.6) is 0 Å². The molecule has 2 heteroatoms. The minimum absolute atomic E-state index is 0.192. The molecule has 0 saturated carbocycles. The Morgan fingerprint density at radius 2 is 2.08 bits per heavy atom. The summed E-state index contributed by atoms with van der Waals surface area (Å²) in [6.45, 7) is 5.84. The van der Waals surface area contributed by atoms with Crippen molar-refractivity contribution < 1.29 is 5.21 Å². The van der Waals surface area contributed by atoms with Crippen molar-refractivity contribution in [3.63, 3.8) is 0 Å². The van der Waals surface area contributed by atoms with E-state index < -0.39 is 0 Å². The highest BCUT2D eigenvalue weighted by Crippen LogP contribution is 2.20. The third-order valence-corrected chi connectivity index (χ3v) is 2.08. The van der Waals surface area contributed by atoms with Crippen molar-refractivity contribution in [2.75, 3.05) is 0 Å². The fourth-order valence-corrected chi connectivity index (χ4v) is 1.14. The highest BCUT2D eigenvalue weighted by atomic mass is 16.4. The molecule has 0 amide bonds. The number of hydrogen-bond donors (Lipinski definition) is 1. The van der Waals surface area contributed by atoms with Crippen LogP contribution in [0.15, 0.2) is 47.6 Å². The molecule has 1 unspecified atom stereocenters. The highest BCUT2D eigenvalue weighted by Gasteiger charge is 2.06. The Morgan fingerprint density at radius 1 is 1.46 bits per heavy atom. The summed E-state index contributed by atoms with van der Waals surface area (Å²) in [5.41, 5.74) is 1.97. The maximum absolute atomic E-state index is 8.34. The van der Waals surface area contributed by atoms with E-state index in [-0.39, 0.29) is 5.92 Å². The van der Waals surface area contributed by atoms with E-state index in [0.29, 0.717) is 0 Å². The van der Waals surface area contributed by atoms with Gasteiger partial charge in [0.25, 0.3) is 0 Å². The highest BCUT2D eigenvalue weighted by molar-refractivity contribution is 5.79. The molecule has 0 heterocycles. The Bertz CT molecular complexity index is 303. The van der Waals surface area contributed by atoms with E-state index in [0.717, 1.165) is 5.57 Å². The first-order chi connectivity index (χ1) is 6.25. The van der Waals surface area contributed by atoms with Crippen LogP contribution in [0.4, 0.5) is 0 Å². The van der Waals surface area contributed by atoms with Crippen LogP contribution in [0.2, 0.25) is 0 Å². The Balaban J connectivity index is 2.79. The SMILES string of the molecule is C=C(C=NO)C(C)c1ccccc1. The summed E-state index contributed by atoms with van der Waals surface area (Å²) in [6, 6.07) is 9.99. The molecule has 0 aliphatic heterocycles. The Morgan fingerprint density at radius 3 is 2.62 bits per heavy atom. The molecule has 0 aliphatic rings. The van der Waals surface area contributed by atoms with Crippen LogP contribution in [-0.2, 0) is 0 Å². The Labute approximate surface area is 78.2 Å². The lowest BCUT2D eigenvalue weighted by molar-refractivity contribution is 0.321. The first kappa shape index (κ1) is 9.52. The number of hydrogen-bond acceptors (Lipinski definition) is 2. The van der Waals surface area contributed by atoms with E-state index in [1.165, 1.54) is 11.8 Å². The van der Waals surface area contributed by atoms with Gasteiger partial charge in [0.1, 0.15) is 0 Å².